The van der Waals surface area contributed by atoms with Crippen molar-refractivity contribution >= 4 is 5.96 Å². The molecule has 0 bridgehead atoms. The summed E-state index contributed by atoms with van der Waals surface area (Å²) in [6.07, 6.45) is 1.69. The zero-order valence-electron chi connectivity index (χ0n) is 12.8. The third-order valence-electron chi connectivity index (χ3n) is 3.07. The van der Waals surface area contributed by atoms with Crippen LogP contribution >= 0.6 is 0 Å². The van der Waals surface area contributed by atoms with Crippen LogP contribution in [0.4, 0.5) is 0 Å². The molecule has 0 aliphatic rings. The predicted octanol–water partition coefficient (Wildman–Crippen LogP) is 1.38. The molecular weight excluding hydrogens is 264 g/mol. The summed E-state index contributed by atoms with van der Waals surface area (Å²) in [5, 5.41) is 14.4. The zero-order chi connectivity index (χ0) is 15.1. The van der Waals surface area contributed by atoms with E-state index in [-0.39, 0.29) is 0 Å². The van der Waals surface area contributed by atoms with Gasteiger partial charge in [-0.3, -0.25) is 0 Å². The second-order valence-electron chi connectivity index (χ2n) is 4.90. The average molecular weight is 286 g/mol. The third kappa shape index (κ3) is 4.59. The fourth-order valence-electron chi connectivity index (χ4n) is 1.95. The van der Waals surface area contributed by atoms with Crippen LogP contribution in [0.5, 0.6) is 0 Å². The largest absolute Gasteiger partial charge is 0.357 e. The summed E-state index contributed by atoms with van der Waals surface area (Å²) in [7, 11) is 1.92. The lowest BCUT2D eigenvalue weighted by Gasteiger charge is -2.11. The first-order valence-corrected chi connectivity index (χ1v) is 7.09. The Bertz CT molecular complexity index is 602. The van der Waals surface area contributed by atoms with E-state index < -0.39 is 0 Å². The van der Waals surface area contributed by atoms with E-state index in [1.807, 2.05) is 18.5 Å². The van der Waals surface area contributed by atoms with E-state index in [2.05, 4.69) is 57.0 Å². The number of nitrogens with zero attached hydrogens (tertiary/aromatic N) is 4. The van der Waals surface area contributed by atoms with Crippen molar-refractivity contribution in [2.24, 2.45) is 12.0 Å². The van der Waals surface area contributed by atoms with E-state index in [0.717, 1.165) is 18.3 Å². The van der Waals surface area contributed by atoms with Crippen molar-refractivity contribution in [1.29, 1.82) is 0 Å². The maximum atomic E-state index is 4.59. The van der Waals surface area contributed by atoms with Crippen molar-refractivity contribution in [3.8, 4) is 0 Å². The Labute approximate surface area is 125 Å². The molecule has 21 heavy (non-hydrogen) atoms. The van der Waals surface area contributed by atoms with E-state index in [9.17, 15) is 0 Å². The quantitative estimate of drug-likeness (QED) is 0.644. The van der Waals surface area contributed by atoms with Gasteiger partial charge in [0, 0.05) is 13.6 Å². The SMILES string of the molecule is CCNC(=NCc1cccc(C)c1)NCc1nncn1C. The Hall–Kier alpha value is -2.37. The van der Waals surface area contributed by atoms with Crippen molar-refractivity contribution < 1.29 is 0 Å². The molecule has 2 N–H and O–H groups in total. The standard InChI is InChI=1S/C15H22N6/c1-4-16-15(18-10-14-20-19-11-21(14)3)17-9-13-7-5-6-12(2)8-13/h5-8,11H,4,9-10H2,1-3H3,(H2,16,17,18). The Morgan fingerprint density at radius 3 is 2.86 bits per heavy atom. The number of aryl methyl sites for hydroxylation is 2. The van der Waals surface area contributed by atoms with Gasteiger partial charge < -0.3 is 15.2 Å². The number of hydrogen-bond acceptors (Lipinski definition) is 3. The van der Waals surface area contributed by atoms with Crippen LogP contribution in [0.1, 0.15) is 23.9 Å². The average Bonchev–Trinajstić information content (AvgIpc) is 2.87. The lowest BCUT2D eigenvalue weighted by atomic mass is 10.1. The normalized spacial score (nSPS) is 11.5. The first kappa shape index (κ1) is 15.0. The molecule has 2 aromatic rings. The molecule has 112 valence electrons. The molecule has 6 nitrogen and oxygen atoms in total. The minimum absolute atomic E-state index is 0.593. The Morgan fingerprint density at radius 2 is 2.19 bits per heavy atom. The van der Waals surface area contributed by atoms with Gasteiger partial charge in [-0.05, 0) is 19.4 Å². The van der Waals surface area contributed by atoms with Gasteiger partial charge in [-0.25, -0.2) is 4.99 Å². The van der Waals surface area contributed by atoms with Gasteiger partial charge in [-0.1, -0.05) is 29.8 Å². The summed E-state index contributed by atoms with van der Waals surface area (Å²) in [5.74, 6) is 1.65. The smallest absolute Gasteiger partial charge is 0.191 e. The molecule has 0 fully saturated rings. The van der Waals surface area contributed by atoms with Gasteiger partial charge in [0.2, 0.25) is 0 Å². The molecule has 1 aromatic heterocycles. The monoisotopic (exact) mass is 286 g/mol. The number of benzene rings is 1. The molecule has 0 saturated carbocycles. The zero-order valence-corrected chi connectivity index (χ0v) is 12.8. The molecule has 6 heteroatoms. The number of hydrogen-bond donors (Lipinski definition) is 2. The van der Waals surface area contributed by atoms with Gasteiger partial charge >= 0.3 is 0 Å². The molecule has 0 amide bonds. The lowest BCUT2D eigenvalue weighted by Crippen LogP contribution is -2.37. The molecule has 1 aromatic carbocycles. The minimum atomic E-state index is 0.593. The highest BCUT2D eigenvalue weighted by Gasteiger charge is 2.02. The van der Waals surface area contributed by atoms with Crippen molar-refractivity contribution in [2.75, 3.05) is 6.54 Å². The highest BCUT2D eigenvalue weighted by atomic mass is 15.3. The van der Waals surface area contributed by atoms with Crippen molar-refractivity contribution in [1.82, 2.24) is 25.4 Å². The molecule has 0 atom stereocenters. The molecule has 0 spiro atoms. The molecule has 0 saturated heterocycles. The second kappa shape index (κ2) is 7.42. The summed E-state index contributed by atoms with van der Waals surface area (Å²) in [6, 6.07) is 8.38. The van der Waals surface area contributed by atoms with Gasteiger partial charge in [0.25, 0.3) is 0 Å². The summed E-state index contributed by atoms with van der Waals surface area (Å²) in [4.78, 5) is 4.59. The van der Waals surface area contributed by atoms with E-state index in [1.165, 1.54) is 11.1 Å². The number of rotatable bonds is 5. The molecule has 0 unspecified atom stereocenters. The predicted molar refractivity (Wildman–Crippen MR) is 83.8 cm³/mol. The van der Waals surface area contributed by atoms with E-state index in [4.69, 9.17) is 0 Å². The van der Waals surface area contributed by atoms with E-state index in [1.54, 1.807) is 6.33 Å². The first-order chi connectivity index (χ1) is 10.2. The molecule has 0 aliphatic heterocycles. The summed E-state index contributed by atoms with van der Waals surface area (Å²) in [5.41, 5.74) is 2.45. The van der Waals surface area contributed by atoms with E-state index in [0.29, 0.717) is 13.1 Å². The maximum absolute atomic E-state index is 4.59. The molecule has 1 heterocycles. The van der Waals surface area contributed by atoms with Crippen LogP contribution in [0.3, 0.4) is 0 Å². The third-order valence-corrected chi connectivity index (χ3v) is 3.07. The van der Waals surface area contributed by atoms with Crippen LogP contribution in [0.15, 0.2) is 35.6 Å². The van der Waals surface area contributed by atoms with Gasteiger partial charge in [0.1, 0.15) is 6.33 Å². The van der Waals surface area contributed by atoms with Gasteiger partial charge in [-0.2, -0.15) is 0 Å². The van der Waals surface area contributed by atoms with Crippen molar-refractivity contribution in [2.45, 2.75) is 26.9 Å². The first-order valence-electron chi connectivity index (χ1n) is 7.09. The number of aliphatic imine (C=N–C) groups is 1. The summed E-state index contributed by atoms with van der Waals surface area (Å²) in [6.45, 7) is 6.20. The van der Waals surface area contributed by atoms with Gasteiger partial charge in [0.05, 0.1) is 13.1 Å². The molecule has 2 rings (SSSR count). The lowest BCUT2D eigenvalue weighted by molar-refractivity contribution is 0.726. The molecule has 0 aliphatic carbocycles. The van der Waals surface area contributed by atoms with Gasteiger partial charge in [-0.15, -0.1) is 10.2 Å². The number of guanidine groups is 1. The van der Waals surface area contributed by atoms with Crippen LogP contribution in [-0.4, -0.2) is 27.3 Å². The van der Waals surface area contributed by atoms with E-state index >= 15 is 0 Å². The van der Waals surface area contributed by atoms with Crippen LogP contribution in [-0.2, 0) is 20.1 Å². The minimum Gasteiger partial charge on any atom is -0.357 e. The summed E-state index contributed by atoms with van der Waals surface area (Å²) < 4.78 is 1.89. The Balaban J connectivity index is 1.97. The molecular formula is C15H22N6. The fourth-order valence-corrected chi connectivity index (χ4v) is 1.95. The highest BCUT2D eigenvalue weighted by Crippen LogP contribution is 2.05. The second-order valence-corrected chi connectivity index (χ2v) is 4.90. The Kier molecular flexibility index (Phi) is 5.31. The van der Waals surface area contributed by atoms with Crippen LogP contribution in [0, 0.1) is 6.92 Å². The van der Waals surface area contributed by atoms with Crippen molar-refractivity contribution in [3.05, 3.63) is 47.5 Å². The maximum Gasteiger partial charge on any atom is 0.191 e. The van der Waals surface area contributed by atoms with Crippen LogP contribution in [0.25, 0.3) is 0 Å². The fraction of sp³-hybridized carbons (Fsp3) is 0.400. The number of aromatic nitrogens is 3. The summed E-state index contributed by atoms with van der Waals surface area (Å²) >= 11 is 0. The number of nitrogens with one attached hydrogen (secondary N) is 2. The van der Waals surface area contributed by atoms with Crippen molar-refractivity contribution in [3.63, 3.8) is 0 Å². The van der Waals surface area contributed by atoms with Gasteiger partial charge in [0.15, 0.2) is 11.8 Å². The molecule has 0 radical (unpaired) electrons. The van der Waals surface area contributed by atoms with Crippen LogP contribution in [0.2, 0.25) is 0 Å². The Morgan fingerprint density at radius 1 is 1.33 bits per heavy atom. The highest BCUT2D eigenvalue weighted by molar-refractivity contribution is 5.79. The topological polar surface area (TPSA) is 67.1 Å². The van der Waals surface area contributed by atoms with Crippen LogP contribution < -0.4 is 10.6 Å².